The highest BCUT2D eigenvalue weighted by Gasteiger charge is 2.01. The van der Waals surface area contributed by atoms with Crippen molar-refractivity contribution >= 4 is 5.97 Å². The van der Waals surface area contributed by atoms with Crippen molar-refractivity contribution in [2.75, 3.05) is 6.61 Å². The van der Waals surface area contributed by atoms with Gasteiger partial charge in [-0.3, -0.25) is 4.79 Å². The summed E-state index contributed by atoms with van der Waals surface area (Å²) in [6, 6.07) is 1.82. The molecule has 0 aromatic heterocycles. The molecule has 0 fully saturated rings. The van der Waals surface area contributed by atoms with Gasteiger partial charge in [-0.2, -0.15) is 5.26 Å². The van der Waals surface area contributed by atoms with Crippen LogP contribution in [-0.2, 0) is 9.53 Å². The summed E-state index contributed by atoms with van der Waals surface area (Å²) >= 11 is 0. The summed E-state index contributed by atoms with van der Waals surface area (Å²) in [6.45, 7) is 2.18. The zero-order chi connectivity index (χ0) is 23.4. The molecular formula is C29H55NO2. The lowest BCUT2D eigenvalue weighted by Gasteiger charge is -2.04. The van der Waals surface area contributed by atoms with Crippen molar-refractivity contribution < 1.29 is 9.53 Å². The van der Waals surface area contributed by atoms with Gasteiger partial charge in [0.1, 0.15) is 6.07 Å². The van der Waals surface area contributed by atoms with Gasteiger partial charge in [0, 0.05) is 6.42 Å². The lowest BCUT2D eigenvalue weighted by atomic mass is 10.0. The van der Waals surface area contributed by atoms with Crippen molar-refractivity contribution in [3.05, 3.63) is 0 Å². The number of nitrogens with zero attached hydrogens (tertiary/aromatic N) is 1. The maximum Gasteiger partial charge on any atom is 0.306 e. The van der Waals surface area contributed by atoms with Crippen molar-refractivity contribution in [3.63, 3.8) is 0 Å². The summed E-state index contributed by atoms with van der Waals surface area (Å²) in [7, 11) is 0. The van der Waals surface area contributed by atoms with E-state index in [1.165, 1.54) is 141 Å². The number of unbranched alkanes of at least 4 members (excludes halogenated alkanes) is 23. The molecule has 0 unspecified atom stereocenters. The molecule has 0 atom stereocenters. The van der Waals surface area contributed by atoms with Crippen LogP contribution >= 0.6 is 0 Å². The second kappa shape index (κ2) is 28.0. The molecule has 188 valence electrons. The van der Waals surface area contributed by atoms with E-state index in [1.807, 2.05) is 6.07 Å². The van der Waals surface area contributed by atoms with Crippen LogP contribution in [0.15, 0.2) is 0 Å². The van der Waals surface area contributed by atoms with Gasteiger partial charge in [0.2, 0.25) is 0 Å². The number of hydrogen-bond donors (Lipinski definition) is 0. The number of hydrogen-bond acceptors (Lipinski definition) is 3. The lowest BCUT2D eigenvalue weighted by Crippen LogP contribution is -2.03. The second-order valence-corrected chi connectivity index (χ2v) is 9.70. The maximum absolute atomic E-state index is 11.3. The van der Waals surface area contributed by atoms with Gasteiger partial charge in [0.25, 0.3) is 0 Å². The van der Waals surface area contributed by atoms with E-state index in [0.29, 0.717) is 6.42 Å². The van der Waals surface area contributed by atoms with Gasteiger partial charge in [-0.15, -0.1) is 0 Å². The van der Waals surface area contributed by atoms with Crippen LogP contribution in [0, 0.1) is 11.3 Å². The molecule has 0 bridgehead atoms. The summed E-state index contributed by atoms with van der Waals surface area (Å²) in [6.07, 6.45) is 33.6. The van der Waals surface area contributed by atoms with Gasteiger partial charge >= 0.3 is 5.97 Å². The van der Waals surface area contributed by atoms with Gasteiger partial charge in [0.05, 0.1) is 0 Å². The Morgan fingerprint density at radius 1 is 0.531 bits per heavy atom. The Labute approximate surface area is 201 Å². The first-order chi connectivity index (χ1) is 15.8. The van der Waals surface area contributed by atoms with E-state index in [0.717, 1.165) is 12.8 Å². The van der Waals surface area contributed by atoms with E-state index >= 15 is 0 Å². The van der Waals surface area contributed by atoms with Crippen molar-refractivity contribution in [2.45, 2.75) is 167 Å². The van der Waals surface area contributed by atoms with Crippen LogP contribution in [0.25, 0.3) is 0 Å². The van der Waals surface area contributed by atoms with Crippen LogP contribution in [0.3, 0.4) is 0 Å². The zero-order valence-corrected chi connectivity index (χ0v) is 21.6. The fraction of sp³-hybridized carbons (Fsp3) is 0.931. The number of ether oxygens (including phenoxy) is 1. The normalized spacial score (nSPS) is 10.9. The lowest BCUT2D eigenvalue weighted by molar-refractivity contribution is -0.142. The number of carbonyl (C=O) groups is 1. The highest BCUT2D eigenvalue weighted by molar-refractivity contribution is 5.69. The standard InChI is InChI=1S/C29H55NO2/c1-2-3-4-5-6-7-8-9-10-11-12-13-14-15-16-17-18-19-20-21-22-23-24-25-26-29(31)32-28-27-30/h2-26,28H2,1H3. The van der Waals surface area contributed by atoms with E-state index in [4.69, 9.17) is 10.00 Å². The first-order valence-electron chi connectivity index (χ1n) is 14.3. The smallest absolute Gasteiger partial charge is 0.306 e. The molecule has 32 heavy (non-hydrogen) atoms. The van der Waals surface area contributed by atoms with E-state index in [1.54, 1.807) is 0 Å². The number of nitriles is 1. The van der Waals surface area contributed by atoms with E-state index < -0.39 is 0 Å². The average Bonchev–Trinajstić information content (AvgIpc) is 2.80. The summed E-state index contributed by atoms with van der Waals surface area (Å²) in [5.41, 5.74) is 0. The van der Waals surface area contributed by atoms with Gasteiger partial charge in [-0.05, 0) is 6.42 Å². The average molecular weight is 450 g/mol. The first-order valence-corrected chi connectivity index (χ1v) is 14.3. The van der Waals surface area contributed by atoms with Crippen molar-refractivity contribution in [2.24, 2.45) is 0 Å². The van der Waals surface area contributed by atoms with Crippen molar-refractivity contribution in [1.29, 1.82) is 5.26 Å². The first kappa shape index (κ1) is 31.0. The Balaban J connectivity index is 3.05. The predicted octanol–water partition coefficient (Wildman–Crippen LogP) is 9.83. The van der Waals surface area contributed by atoms with Crippen LogP contribution < -0.4 is 0 Å². The summed E-state index contributed by atoms with van der Waals surface area (Å²) < 4.78 is 4.74. The molecule has 0 radical (unpaired) electrons. The van der Waals surface area contributed by atoms with Gasteiger partial charge in [-0.1, -0.05) is 155 Å². The highest BCUT2D eigenvalue weighted by Crippen LogP contribution is 2.15. The van der Waals surface area contributed by atoms with Gasteiger partial charge in [-0.25, -0.2) is 0 Å². The highest BCUT2D eigenvalue weighted by atomic mass is 16.5. The third-order valence-corrected chi connectivity index (χ3v) is 6.53. The largest absolute Gasteiger partial charge is 0.450 e. The van der Waals surface area contributed by atoms with Gasteiger partial charge in [0.15, 0.2) is 6.61 Å². The van der Waals surface area contributed by atoms with Crippen molar-refractivity contribution in [3.8, 4) is 6.07 Å². The molecule has 0 amide bonds. The third-order valence-electron chi connectivity index (χ3n) is 6.53. The molecule has 0 aliphatic rings. The molecule has 3 heteroatoms. The molecule has 0 aromatic carbocycles. The molecular weight excluding hydrogens is 394 g/mol. The minimum absolute atomic E-state index is 0.113. The Morgan fingerprint density at radius 2 is 0.812 bits per heavy atom. The predicted molar refractivity (Wildman–Crippen MR) is 138 cm³/mol. The third kappa shape index (κ3) is 27.0. The van der Waals surface area contributed by atoms with E-state index in [9.17, 15) is 4.79 Å². The molecule has 0 saturated heterocycles. The fourth-order valence-electron chi connectivity index (χ4n) is 4.42. The van der Waals surface area contributed by atoms with Crippen LogP contribution in [0.1, 0.15) is 167 Å². The minimum Gasteiger partial charge on any atom is -0.450 e. The monoisotopic (exact) mass is 449 g/mol. The maximum atomic E-state index is 11.3. The Bertz CT molecular complexity index is 416. The Morgan fingerprint density at radius 3 is 1.09 bits per heavy atom. The fourth-order valence-corrected chi connectivity index (χ4v) is 4.42. The molecule has 0 aromatic rings. The molecule has 0 aliphatic heterocycles. The molecule has 0 spiro atoms. The number of esters is 1. The minimum atomic E-state index is -0.231. The van der Waals surface area contributed by atoms with E-state index in [2.05, 4.69) is 6.92 Å². The molecule has 3 nitrogen and oxygen atoms in total. The quantitative estimate of drug-likeness (QED) is 0.0974. The summed E-state index contributed by atoms with van der Waals surface area (Å²) in [5.74, 6) is -0.231. The summed E-state index contributed by atoms with van der Waals surface area (Å²) in [5, 5.41) is 8.35. The molecule has 0 aliphatic carbocycles. The molecule has 0 rings (SSSR count). The Hall–Kier alpha value is -1.04. The molecule has 0 N–H and O–H groups in total. The molecule has 0 saturated carbocycles. The van der Waals surface area contributed by atoms with Crippen LogP contribution in [0.4, 0.5) is 0 Å². The van der Waals surface area contributed by atoms with E-state index in [-0.39, 0.29) is 12.6 Å². The van der Waals surface area contributed by atoms with Crippen molar-refractivity contribution in [1.82, 2.24) is 0 Å². The van der Waals surface area contributed by atoms with Crippen LogP contribution in [-0.4, -0.2) is 12.6 Å². The summed E-state index contributed by atoms with van der Waals surface area (Å²) in [4.78, 5) is 11.3. The van der Waals surface area contributed by atoms with Gasteiger partial charge < -0.3 is 4.74 Å². The SMILES string of the molecule is CCCCCCCCCCCCCCCCCCCCCCCCCCC(=O)OCC#N. The second-order valence-electron chi connectivity index (χ2n) is 9.70. The van der Waals surface area contributed by atoms with Crippen LogP contribution in [0.2, 0.25) is 0 Å². The Kier molecular flexibility index (Phi) is 27.1. The number of rotatable bonds is 26. The van der Waals surface area contributed by atoms with Crippen LogP contribution in [0.5, 0.6) is 0 Å². The number of carbonyl (C=O) groups excluding carboxylic acids is 1. The zero-order valence-electron chi connectivity index (χ0n) is 21.6. The topological polar surface area (TPSA) is 50.1 Å². The molecule has 0 heterocycles.